The molecule has 0 unspecified atom stereocenters. The molecule has 0 fully saturated rings. The zero-order valence-corrected chi connectivity index (χ0v) is 15.8. The molecular weight excluding hydrogens is 400 g/mol. The van der Waals surface area contributed by atoms with Crippen LogP contribution in [-0.2, 0) is 13.1 Å². The van der Waals surface area contributed by atoms with E-state index in [0.29, 0.717) is 12.1 Å². The number of amides is 1. The summed E-state index contributed by atoms with van der Waals surface area (Å²) in [6, 6.07) is 16.9. The maximum absolute atomic E-state index is 12.2. The third-order valence-electron chi connectivity index (χ3n) is 3.57. The maximum atomic E-state index is 12.2. The molecule has 0 aliphatic rings. The molecule has 0 aliphatic carbocycles. The second kappa shape index (κ2) is 9.25. The summed E-state index contributed by atoms with van der Waals surface area (Å²) in [5.74, 6) is -0.0631. The molecule has 25 heavy (non-hydrogen) atoms. The number of hydrogen-bond acceptors (Lipinski definition) is 3. The van der Waals surface area contributed by atoms with Gasteiger partial charge in [0.1, 0.15) is 0 Å². The van der Waals surface area contributed by atoms with Gasteiger partial charge in [-0.25, -0.2) is 0 Å². The number of Topliss-reactive ketones (excluding diaryl/α,β-unsaturated/α-hetero) is 1. The van der Waals surface area contributed by atoms with E-state index < -0.39 is 0 Å². The Balaban J connectivity index is 0.00000225. The summed E-state index contributed by atoms with van der Waals surface area (Å²) in [6.45, 7) is 0.762. The first-order valence-corrected chi connectivity index (χ1v) is 8.48. The molecule has 1 aromatic carbocycles. The fraction of sp³-hybridized carbons (Fsp3) is 0.105. The average Bonchev–Trinajstić information content (AvgIpc) is 3.16. The SMILES string of the molecule is O=C(NCc1ccccc1)c1cc[n+](CC(=O)c2cccs2)cc1.[Br-]. The summed E-state index contributed by atoms with van der Waals surface area (Å²) in [4.78, 5) is 25.0. The summed E-state index contributed by atoms with van der Waals surface area (Å²) in [5, 5.41) is 4.77. The maximum Gasteiger partial charge on any atom is 0.252 e. The van der Waals surface area contributed by atoms with Crippen LogP contribution in [-0.4, -0.2) is 11.7 Å². The molecule has 2 aromatic heterocycles. The number of nitrogens with one attached hydrogen (secondary N) is 1. The molecule has 1 amide bonds. The van der Waals surface area contributed by atoms with Gasteiger partial charge in [0.15, 0.2) is 12.4 Å². The molecular formula is C19H17BrN2O2S. The third kappa shape index (κ3) is 5.34. The van der Waals surface area contributed by atoms with Crippen LogP contribution >= 0.6 is 11.3 Å². The monoisotopic (exact) mass is 416 g/mol. The van der Waals surface area contributed by atoms with Crippen molar-refractivity contribution in [2.75, 3.05) is 0 Å². The number of carbonyl (C=O) groups excluding carboxylic acids is 2. The van der Waals surface area contributed by atoms with E-state index in [9.17, 15) is 9.59 Å². The summed E-state index contributed by atoms with van der Waals surface area (Å²) < 4.78 is 1.77. The first-order chi connectivity index (χ1) is 11.7. The molecule has 0 saturated heterocycles. The predicted octanol–water partition coefficient (Wildman–Crippen LogP) is -0.147. The fourth-order valence-electron chi connectivity index (χ4n) is 2.28. The lowest BCUT2D eigenvalue weighted by Gasteiger charge is -2.04. The molecule has 0 atom stereocenters. The lowest BCUT2D eigenvalue weighted by molar-refractivity contribution is -0.683. The van der Waals surface area contributed by atoms with Gasteiger partial charge in [0, 0.05) is 18.7 Å². The number of rotatable bonds is 6. The molecule has 0 radical (unpaired) electrons. The van der Waals surface area contributed by atoms with Crippen LogP contribution in [0.3, 0.4) is 0 Å². The number of pyridine rings is 1. The molecule has 3 rings (SSSR count). The van der Waals surface area contributed by atoms with Gasteiger partial charge in [-0.05, 0) is 17.0 Å². The van der Waals surface area contributed by atoms with Crippen LogP contribution in [0.1, 0.15) is 25.6 Å². The van der Waals surface area contributed by atoms with Crippen LogP contribution in [0.5, 0.6) is 0 Å². The molecule has 6 heteroatoms. The lowest BCUT2D eigenvalue weighted by Crippen LogP contribution is -3.00. The minimum absolute atomic E-state index is 0. The van der Waals surface area contributed by atoms with Crippen molar-refractivity contribution in [3.05, 3.63) is 88.4 Å². The number of aromatic nitrogens is 1. The van der Waals surface area contributed by atoms with Crippen molar-refractivity contribution in [2.45, 2.75) is 13.1 Å². The molecule has 0 bridgehead atoms. The second-order valence-corrected chi connectivity index (χ2v) is 6.28. The number of carbonyl (C=O) groups is 2. The van der Waals surface area contributed by atoms with Crippen LogP contribution < -0.4 is 26.9 Å². The highest BCUT2D eigenvalue weighted by molar-refractivity contribution is 7.12. The van der Waals surface area contributed by atoms with Crippen LogP contribution in [0.15, 0.2) is 72.4 Å². The minimum atomic E-state index is -0.129. The molecule has 0 spiro atoms. The van der Waals surface area contributed by atoms with Gasteiger partial charge in [-0.1, -0.05) is 36.4 Å². The van der Waals surface area contributed by atoms with Crippen molar-refractivity contribution >= 4 is 23.0 Å². The van der Waals surface area contributed by atoms with E-state index in [1.807, 2.05) is 47.8 Å². The van der Waals surface area contributed by atoms with E-state index in [2.05, 4.69) is 5.32 Å². The topological polar surface area (TPSA) is 50.1 Å². The first-order valence-electron chi connectivity index (χ1n) is 7.60. The zero-order valence-electron chi connectivity index (χ0n) is 13.4. The number of benzene rings is 1. The summed E-state index contributed by atoms with van der Waals surface area (Å²) in [7, 11) is 0. The van der Waals surface area contributed by atoms with E-state index >= 15 is 0 Å². The van der Waals surface area contributed by atoms with Gasteiger partial charge in [-0.3, -0.25) is 9.59 Å². The van der Waals surface area contributed by atoms with Crippen LogP contribution in [0.2, 0.25) is 0 Å². The minimum Gasteiger partial charge on any atom is -1.00 e. The predicted molar refractivity (Wildman–Crippen MR) is 92.9 cm³/mol. The van der Waals surface area contributed by atoms with Crippen molar-refractivity contribution in [3.63, 3.8) is 0 Å². The Kier molecular flexibility index (Phi) is 7.03. The van der Waals surface area contributed by atoms with Crippen molar-refractivity contribution in [1.29, 1.82) is 0 Å². The van der Waals surface area contributed by atoms with E-state index in [0.717, 1.165) is 10.4 Å². The highest BCUT2D eigenvalue weighted by Gasteiger charge is 2.14. The third-order valence-corrected chi connectivity index (χ3v) is 4.48. The van der Waals surface area contributed by atoms with Crippen molar-refractivity contribution < 1.29 is 31.1 Å². The zero-order chi connectivity index (χ0) is 16.8. The van der Waals surface area contributed by atoms with E-state index in [1.54, 1.807) is 29.1 Å². The summed E-state index contributed by atoms with van der Waals surface area (Å²) in [5.41, 5.74) is 1.63. The Morgan fingerprint density at radius 1 is 0.960 bits per heavy atom. The van der Waals surface area contributed by atoms with Crippen molar-refractivity contribution in [1.82, 2.24) is 5.32 Å². The van der Waals surface area contributed by atoms with Gasteiger partial charge in [0.05, 0.1) is 10.4 Å². The normalized spacial score (nSPS) is 9.92. The Labute approximate surface area is 160 Å². The number of halogens is 1. The fourth-order valence-corrected chi connectivity index (χ4v) is 2.93. The number of nitrogens with zero attached hydrogens (tertiary/aromatic N) is 1. The van der Waals surface area contributed by atoms with Gasteiger partial charge in [-0.15, -0.1) is 11.3 Å². The molecule has 3 aromatic rings. The quantitative estimate of drug-likeness (QED) is 0.448. The van der Waals surface area contributed by atoms with Gasteiger partial charge in [0.25, 0.3) is 5.91 Å². The molecule has 128 valence electrons. The number of hydrogen-bond donors (Lipinski definition) is 1. The lowest BCUT2D eigenvalue weighted by atomic mass is 10.2. The molecule has 1 N–H and O–H groups in total. The smallest absolute Gasteiger partial charge is 0.252 e. The van der Waals surface area contributed by atoms with Crippen LogP contribution in [0.4, 0.5) is 0 Å². The Bertz CT molecular complexity index is 818. The first kappa shape index (κ1) is 19.0. The Morgan fingerprint density at radius 2 is 1.68 bits per heavy atom. The van der Waals surface area contributed by atoms with Crippen LogP contribution in [0, 0.1) is 0 Å². The number of thiophene rings is 1. The molecule has 2 heterocycles. The summed E-state index contributed by atoms with van der Waals surface area (Å²) in [6.07, 6.45) is 3.51. The molecule has 4 nitrogen and oxygen atoms in total. The van der Waals surface area contributed by atoms with Gasteiger partial charge < -0.3 is 22.3 Å². The van der Waals surface area contributed by atoms with E-state index in [1.165, 1.54) is 11.3 Å². The molecule has 0 saturated carbocycles. The summed E-state index contributed by atoms with van der Waals surface area (Å²) >= 11 is 1.44. The van der Waals surface area contributed by atoms with Crippen molar-refractivity contribution in [2.24, 2.45) is 0 Å². The van der Waals surface area contributed by atoms with Gasteiger partial charge in [-0.2, -0.15) is 4.57 Å². The van der Waals surface area contributed by atoms with Gasteiger partial charge >= 0.3 is 0 Å². The highest BCUT2D eigenvalue weighted by atomic mass is 79.9. The van der Waals surface area contributed by atoms with Gasteiger partial charge in [0.2, 0.25) is 12.3 Å². The van der Waals surface area contributed by atoms with Crippen LogP contribution in [0.25, 0.3) is 0 Å². The van der Waals surface area contributed by atoms with Crippen molar-refractivity contribution in [3.8, 4) is 0 Å². The molecule has 0 aliphatic heterocycles. The second-order valence-electron chi connectivity index (χ2n) is 5.33. The standard InChI is InChI=1S/C19H16N2O2S.BrH/c22-17(18-7-4-12-24-18)14-21-10-8-16(9-11-21)19(23)20-13-15-5-2-1-3-6-15;/h1-12H,13-14H2;1H. The Morgan fingerprint density at radius 3 is 2.32 bits per heavy atom. The highest BCUT2D eigenvalue weighted by Crippen LogP contribution is 2.09. The van der Waals surface area contributed by atoms with E-state index in [4.69, 9.17) is 0 Å². The number of ketones is 1. The average molecular weight is 417 g/mol. The van der Waals surface area contributed by atoms with E-state index in [-0.39, 0.29) is 35.2 Å². The Hall–Kier alpha value is -2.31. The largest absolute Gasteiger partial charge is 1.00 e.